The lowest BCUT2D eigenvalue weighted by Gasteiger charge is -2.19. The predicted octanol–water partition coefficient (Wildman–Crippen LogP) is 2.02. The van der Waals surface area contributed by atoms with Crippen LogP contribution in [0.25, 0.3) is 0 Å². The molecule has 0 aliphatic rings. The zero-order chi connectivity index (χ0) is 16.3. The molecule has 2 aromatic heterocycles. The highest BCUT2D eigenvalue weighted by Gasteiger charge is 2.18. The van der Waals surface area contributed by atoms with Gasteiger partial charge in [-0.2, -0.15) is 5.10 Å². The number of carbonyl (C=O) groups excluding carboxylic acids is 2. The molecule has 2 aromatic rings. The molecular weight excluding hydrogens is 284 g/mol. The molecule has 0 saturated carbocycles. The van der Waals surface area contributed by atoms with E-state index in [2.05, 4.69) is 15.4 Å². The van der Waals surface area contributed by atoms with Crippen molar-refractivity contribution in [3.63, 3.8) is 0 Å². The summed E-state index contributed by atoms with van der Waals surface area (Å²) in [5, 5.41) is 6.60. The molecule has 116 valence electrons. The first kappa shape index (κ1) is 15.7. The topological polar surface area (TPSA) is 86.1 Å². The fraction of sp³-hybridized carbons (Fsp3) is 0.333. The molecule has 7 heteroatoms. The van der Waals surface area contributed by atoms with Crippen molar-refractivity contribution >= 4 is 17.7 Å². The molecule has 1 amide bonds. The molecule has 0 atom stereocenters. The molecule has 22 heavy (non-hydrogen) atoms. The van der Waals surface area contributed by atoms with Crippen molar-refractivity contribution in [2.24, 2.45) is 7.05 Å². The van der Waals surface area contributed by atoms with E-state index in [0.29, 0.717) is 17.1 Å². The first-order valence-corrected chi connectivity index (χ1v) is 6.75. The van der Waals surface area contributed by atoms with Crippen LogP contribution in [0.5, 0.6) is 0 Å². The number of nitrogens with one attached hydrogen (secondary N) is 1. The van der Waals surface area contributed by atoms with E-state index in [4.69, 9.17) is 4.74 Å². The largest absolute Gasteiger partial charge is 0.456 e. The van der Waals surface area contributed by atoms with Crippen LogP contribution in [0.3, 0.4) is 0 Å². The van der Waals surface area contributed by atoms with Gasteiger partial charge in [-0.05, 0) is 39.0 Å². The summed E-state index contributed by atoms with van der Waals surface area (Å²) >= 11 is 0. The van der Waals surface area contributed by atoms with E-state index in [1.54, 1.807) is 52.2 Å². The number of hydrogen-bond donors (Lipinski definition) is 1. The number of amides is 1. The lowest BCUT2D eigenvalue weighted by Crippen LogP contribution is -2.24. The Morgan fingerprint density at radius 2 is 1.95 bits per heavy atom. The predicted molar refractivity (Wildman–Crippen MR) is 80.6 cm³/mol. The average Bonchev–Trinajstić information content (AvgIpc) is 2.84. The Labute approximate surface area is 128 Å². The molecule has 2 rings (SSSR count). The second kappa shape index (κ2) is 5.97. The van der Waals surface area contributed by atoms with E-state index >= 15 is 0 Å². The van der Waals surface area contributed by atoms with Crippen LogP contribution in [0.4, 0.5) is 5.82 Å². The smallest absolute Gasteiger partial charge is 0.340 e. The summed E-state index contributed by atoms with van der Waals surface area (Å²) in [6.07, 6.45) is 3.04. The maximum Gasteiger partial charge on any atom is 0.340 e. The summed E-state index contributed by atoms with van der Waals surface area (Å²) in [6, 6.07) is 4.69. The zero-order valence-electron chi connectivity index (χ0n) is 13.0. The third-order valence-electron chi connectivity index (χ3n) is 2.59. The SMILES string of the molecule is Cn1ccc(C(=O)Nc2ccc(C(=O)OC(C)(C)C)cn2)n1. The molecule has 0 aliphatic heterocycles. The van der Waals surface area contributed by atoms with Gasteiger partial charge >= 0.3 is 5.97 Å². The fourth-order valence-corrected chi connectivity index (χ4v) is 1.64. The van der Waals surface area contributed by atoms with Crippen molar-refractivity contribution in [2.45, 2.75) is 26.4 Å². The number of hydrogen-bond acceptors (Lipinski definition) is 5. The van der Waals surface area contributed by atoms with Crippen LogP contribution in [-0.4, -0.2) is 32.2 Å². The normalized spacial score (nSPS) is 11.1. The minimum absolute atomic E-state index is 0.292. The van der Waals surface area contributed by atoms with Gasteiger partial charge in [0.25, 0.3) is 5.91 Å². The van der Waals surface area contributed by atoms with Crippen LogP contribution in [0.2, 0.25) is 0 Å². The lowest BCUT2D eigenvalue weighted by molar-refractivity contribution is 0.00691. The molecule has 0 saturated heterocycles. The monoisotopic (exact) mass is 302 g/mol. The summed E-state index contributed by atoms with van der Waals surface area (Å²) in [4.78, 5) is 27.8. The first-order valence-electron chi connectivity index (χ1n) is 6.75. The highest BCUT2D eigenvalue weighted by molar-refractivity contribution is 6.02. The Morgan fingerprint density at radius 1 is 1.23 bits per heavy atom. The minimum atomic E-state index is -0.567. The van der Waals surface area contributed by atoms with Crippen molar-refractivity contribution in [3.05, 3.63) is 41.9 Å². The number of aromatic nitrogens is 3. The van der Waals surface area contributed by atoms with Crippen molar-refractivity contribution in [1.29, 1.82) is 0 Å². The van der Waals surface area contributed by atoms with E-state index in [1.807, 2.05) is 0 Å². The van der Waals surface area contributed by atoms with Crippen LogP contribution >= 0.6 is 0 Å². The van der Waals surface area contributed by atoms with E-state index < -0.39 is 11.6 Å². The molecule has 0 radical (unpaired) electrons. The molecular formula is C15H18N4O3. The summed E-state index contributed by atoms with van der Waals surface area (Å²) < 4.78 is 6.77. The number of rotatable bonds is 3. The standard InChI is InChI=1S/C15H18N4O3/c1-15(2,3)22-14(21)10-5-6-12(16-9-10)17-13(20)11-7-8-19(4)18-11/h5-9H,1-4H3,(H,16,17,20). The van der Waals surface area contributed by atoms with Gasteiger partial charge in [0.2, 0.25) is 0 Å². The summed E-state index contributed by atoms with van der Waals surface area (Å²) in [6.45, 7) is 5.37. The van der Waals surface area contributed by atoms with Crippen LogP contribution in [0, 0.1) is 0 Å². The van der Waals surface area contributed by atoms with Crippen LogP contribution in [-0.2, 0) is 11.8 Å². The van der Waals surface area contributed by atoms with Crippen LogP contribution < -0.4 is 5.32 Å². The Bertz CT molecular complexity index is 684. The number of esters is 1. The lowest BCUT2D eigenvalue weighted by atomic mass is 10.2. The van der Waals surface area contributed by atoms with E-state index in [-0.39, 0.29) is 5.91 Å². The Hall–Kier alpha value is -2.70. The number of pyridine rings is 1. The number of anilines is 1. The zero-order valence-corrected chi connectivity index (χ0v) is 13.0. The Balaban J connectivity index is 2.03. The van der Waals surface area contributed by atoms with Gasteiger partial charge in [-0.1, -0.05) is 0 Å². The highest BCUT2D eigenvalue weighted by atomic mass is 16.6. The number of ether oxygens (including phenoxy) is 1. The van der Waals surface area contributed by atoms with Crippen molar-refractivity contribution < 1.29 is 14.3 Å². The maximum atomic E-state index is 11.9. The van der Waals surface area contributed by atoms with Gasteiger partial charge in [0.05, 0.1) is 5.56 Å². The fourth-order valence-electron chi connectivity index (χ4n) is 1.64. The average molecular weight is 302 g/mol. The summed E-state index contributed by atoms with van der Waals surface area (Å²) in [7, 11) is 1.73. The van der Waals surface area contributed by atoms with Crippen molar-refractivity contribution in [2.75, 3.05) is 5.32 Å². The van der Waals surface area contributed by atoms with E-state index in [0.717, 1.165) is 0 Å². The molecule has 0 aliphatic carbocycles. The molecule has 0 unspecified atom stereocenters. The van der Waals surface area contributed by atoms with Crippen molar-refractivity contribution in [3.8, 4) is 0 Å². The van der Waals surface area contributed by atoms with Gasteiger partial charge in [0, 0.05) is 19.4 Å². The second-order valence-electron chi connectivity index (χ2n) is 5.76. The van der Waals surface area contributed by atoms with Crippen LogP contribution in [0.1, 0.15) is 41.6 Å². The first-order chi connectivity index (χ1) is 10.2. The number of nitrogens with zero attached hydrogens (tertiary/aromatic N) is 3. The van der Waals surface area contributed by atoms with Gasteiger partial charge in [-0.3, -0.25) is 9.48 Å². The maximum absolute atomic E-state index is 11.9. The van der Waals surface area contributed by atoms with Gasteiger partial charge in [0.1, 0.15) is 11.4 Å². The van der Waals surface area contributed by atoms with E-state index in [9.17, 15) is 9.59 Å². The molecule has 0 fully saturated rings. The van der Waals surface area contributed by atoms with Crippen molar-refractivity contribution in [1.82, 2.24) is 14.8 Å². The number of aryl methyl sites for hydroxylation is 1. The molecule has 7 nitrogen and oxygen atoms in total. The molecule has 2 heterocycles. The molecule has 0 bridgehead atoms. The quantitative estimate of drug-likeness (QED) is 0.877. The summed E-state index contributed by atoms with van der Waals surface area (Å²) in [5.41, 5.74) is 0.0504. The Morgan fingerprint density at radius 3 is 2.45 bits per heavy atom. The van der Waals surface area contributed by atoms with Gasteiger partial charge in [0.15, 0.2) is 5.69 Å². The molecule has 0 spiro atoms. The molecule has 1 N–H and O–H groups in total. The third kappa shape index (κ3) is 4.15. The van der Waals surface area contributed by atoms with Gasteiger partial charge in [-0.15, -0.1) is 0 Å². The van der Waals surface area contributed by atoms with E-state index in [1.165, 1.54) is 10.9 Å². The Kier molecular flexibility index (Phi) is 4.25. The van der Waals surface area contributed by atoms with Gasteiger partial charge in [-0.25, -0.2) is 9.78 Å². The third-order valence-corrected chi connectivity index (χ3v) is 2.59. The van der Waals surface area contributed by atoms with Crippen LogP contribution in [0.15, 0.2) is 30.6 Å². The summed E-state index contributed by atoms with van der Waals surface area (Å²) in [5.74, 6) is -0.483. The minimum Gasteiger partial charge on any atom is -0.456 e. The highest BCUT2D eigenvalue weighted by Crippen LogP contribution is 2.13. The second-order valence-corrected chi connectivity index (χ2v) is 5.76. The molecule has 0 aromatic carbocycles. The van der Waals surface area contributed by atoms with Gasteiger partial charge < -0.3 is 10.1 Å². The number of carbonyl (C=O) groups is 2.